The maximum Gasteiger partial charge on any atom is 0.348 e. The lowest BCUT2D eigenvalue weighted by molar-refractivity contribution is -0.125. The molecule has 3 amide bonds. The normalized spacial score (nSPS) is 18.7. The fraction of sp³-hybridized carbons (Fsp3) is 0.545. The van der Waals surface area contributed by atoms with Crippen molar-refractivity contribution in [1.82, 2.24) is 10.4 Å². The molecule has 0 unspecified atom stereocenters. The zero-order valence-corrected chi connectivity index (χ0v) is 18.1. The topological polar surface area (TPSA) is 89.9 Å². The molecule has 3 N–H and O–H groups in total. The number of phenols is 1. The van der Waals surface area contributed by atoms with Gasteiger partial charge in [0.25, 0.3) is 5.91 Å². The molecule has 0 saturated carbocycles. The van der Waals surface area contributed by atoms with E-state index in [1.165, 1.54) is 0 Å². The molecule has 6 nitrogen and oxygen atoms in total. The number of rotatable bonds is 1. The number of amides is 3. The molecule has 0 aliphatic carbocycles. The Morgan fingerprint density at radius 1 is 1.11 bits per heavy atom. The van der Waals surface area contributed by atoms with Crippen LogP contribution < -0.4 is 5.48 Å². The molecular formula is C22H32N2O4. The number of hydroxylamine groups is 1. The largest absolute Gasteiger partial charge is 0.507 e. The summed E-state index contributed by atoms with van der Waals surface area (Å²) in [6, 6.07) is 2.95. The molecule has 1 fully saturated rings. The Kier molecular flexibility index (Phi) is 5.43. The fourth-order valence-electron chi connectivity index (χ4n) is 3.65. The average molecular weight is 389 g/mol. The standard InChI is InChI=1S/C22H32N2O4/c1-20(2,3)15-10-13(11-16(17(15)25)21(4,5)6)9-14-12-22(7,8)24(18(14)26)19(27)23-28/h9-11,25,28H,12H2,1-8H3,(H,23,27)/b14-9-. The quantitative estimate of drug-likeness (QED) is 0.376. The first-order valence-electron chi connectivity index (χ1n) is 9.47. The van der Waals surface area contributed by atoms with Crippen molar-refractivity contribution in [1.29, 1.82) is 0 Å². The third-order valence-corrected chi connectivity index (χ3v) is 5.09. The van der Waals surface area contributed by atoms with E-state index in [2.05, 4.69) is 0 Å². The van der Waals surface area contributed by atoms with Crippen molar-refractivity contribution in [2.75, 3.05) is 0 Å². The predicted octanol–water partition coefficient (Wildman–Crippen LogP) is 4.48. The van der Waals surface area contributed by atoms with Gasteiger partial charge in [-0.25, -0.2) is 10.3 Å². The van der Waals surface area contributed by atoms with Gasteiger partial charge in [0.05, 0.1) is 5.54 Å². The average Bonchev–Trinajstić information content (AvgIpc) is 2.74. The molecule has 1 aliphatic heterocycles. The van der Waals surface area contributed by atoms with Gasteiger partial charge in [-0.3, -0.25) is 14.9 Å². The number of nitrogens with zero attached hydrogens (tertiary/aromatic N) is 1. The number of carbonyl (C=O) groups excluding carboxylic acids is 2. The summed E-state index contributed by atoms with van der Waals surface area (Å²) in [6.07, 6.45) is 2.15. The summed E-state index contributed by atoms with van der Waals surface area (Å²) in [6.45, 7) is 15.7. The summed E-state index contributed by atoms with van der Waals surface area (Å²) in [5.74, 6) is -0.152. The number of phenolic OH excluding ortho intramolecular Hbond substituents is 1. The highest BCUT2D eigenvalue weighted by atomic mass is 16.5. The van der Waals surface area contributed by atoms with Crippen LogP contribution in [-0.4, -0.2) is 32.7 Å². The van der Waals surface area contributed by atoms with E-state index in [4.69, 9.17) is 5.21 Å². The van der Waals surface area contributed by atoms with Gasteiger partial charge in [0.15, 0.2) is 0 Å². The Morgan fingerprint density at radius 2 is 1.57 bits per heavy atom. The van der Waals surface area contributed by atoms with Crippen LogP contribution in [0.15, 0.2) is 17.7 Å². The second-order valence-electron chi connectivity index (χ2n) is 10.2. The van der Waals surface area contributed by atoms with E-state index in [0.29, 0.717) is 12.0 Å². The first kappa shape index (κ1) is 22.0. The van der Waals surface area contributed by atoms with Gasteiger partial charge in [-0.1, -0.05) is 41.5 Å². The first-order chi connectivity index (χ1) is 12.6. The maximum absolute atomic E-state index is 12.8. The van der Waals surface area contributed by atoms with Crippen molar-refractivity contribution in [3.63, 3.8) is 0 Å². The fourth-order valence-corrected chi connectivity index (χ4v) is 3.65. The van der Waals surface area contributed by atoms with Crippen LogP contribution in [0, 0.1) is 0 Å². The minimum atomic E-state index is -0.838. The monoisotopic (exact) mass is 388 g/mol. The Labute approximate surface area is 167 Å². The van der Waals surface area contributed by atoms with E-state index in [0.717, 1.165) is 21.6 Å². The van der Waals surface area contributed by atoms with E-state index < -0.39 is 17.5 Å². The van der Waals surface area contributed by atoms with Crippen LogP contribution in [-0.2, 0) is 15.6 Å². The van der Waals surface area contributed by atoms with Gasteiger partial charge in [-0.15, -0.1) is 0 Å². The van der Waals surface area contributed by atoms with Gasteiger partial charge in [-0.05, 0) is 48.4 Å². The van der Waals surface area contributed by atoms with Gasteiger partial charge in [0.2, 0.25) is 0 Å². The highest BCUT2D eigenvalue weighted by molar-refractivity contribution is 6.09. The number of aromatic hydroxyl groups is 1. The summed E-state index contributed by atoms with van der Waals surface area (Å²) in [5, 5.41) is 19.8. The van der Waals surface area contributed by atoms with E-state index in [-0.39, 0.29) is 16.6 Å². The number of urea groups is 1. The summed E-state index contributed by atoms with van der Waals surface area (Å²) >= 11 is 0. The lowest BCUT2D eigenvalue weighted by Crippen LogP contribution is -2.49. The van der Waals surface area contributed by atoms with Crippen LogP contribution in [0.25, 0.3) is 6.08 Å². The molecule has 1 aromatic rings. The van der Waals surface area contributed by atoms with Gasteiger partial charge in [0.1, 0.15) is 5.75 Å². The number of hydrogen-bond donors (Lipinski definition) is 3. The number of imide groups is 1. The highest BCUT2D eigenvalue weighted by Crippen LogP contribution is 2.41. The minimum Gasteiger partial charge on any atom is -0.507 e. The van der Waals surface area contributed by atoms with E-state index in [1.54, 1.807) is 25.4 Å². The minimum absolute atomic E-state index is 0.277. The molecule has 6 heteroatoms. The van der Waals surface area contributed by atoms with Crippen LogP contribution in [0.2, 0.25) is 0 Å². The van der Waals surface area contributed by atoms with Crippen molar-refractivity contribution >= 4 is 18.0 Å². The summed E-state index contributed by atoms with van der Waals surface area (Å²) in [4.78, 5) is 25.8. The van der Waals surface area contributed by atoms with Gasteiger partial charge in [0, 0.05) is 23.1 Å². The van der Waals surface area contributed by atoms with E-state index in [9.17, 15) is 14.7 Å². The van der Waals surface area contributed by atoms with Gasteiger partial charge >= 0.3 is 6.03 Å². The van der Waals surface area contributed by atoms with E-state index >= 15 is 0 Å². The summed E-state index contributed by atoms with van der Waals surface area (Å²) in [5.41, 5.74) is 3.15. The molecule has 1 aromatic carbocycles. The first-order valence-corrected chi connectivity index (χ1v) is 9.47. The highest BCUT2D eigenvalue weighted by Gasteiger charge is 2.45. The predicted molar refractivity (Wildman–Crippen MR) is 109 cm³/mol. The van der Waals surface area contributed by atoms with E-state index in [1.807, 2.05) is 53.7 Å². The van der Waals surface area contributed by atoms with Crippen LogP contribution in [0.1, 0.15) is 78.5 Å². The van der Waals surface area contributed by atoms with Crippen molar-refractivity contribution in [3.05, 3.63) is 34.4 Å². The Morgan fingerprint density at radius 3 is 1.96 bits per heavy atom. The van der Waals surface area contributed by atoms with Gasteiger partial charge < -0.3 is 5.11 Å². The number of benzene rings is 1. The molecule has 2 rings (SSSR count). The Bertz CT molecular complexity index is 804. The third kappa shape index (κ3) is 4.07. The number of likely N-dealkylation sites (tertiary alicyclic amines) is 1. The molecule has 0 bridgehead atoms. The lowest BCUT2D eigenvalue weighted by Gasteiger charge is -2.28. The second kappa shape index (κ2) is 6.92. The molecular weight excluding hydrogens is 356 g/mol. The number of hydrogen-bond acceptors (Lipinski definition) is 4. The summed E-state index contributed by atoms with van der Waals surface area (Å²) < 4.78 is 0. The van der Waals surface area contributed by atoms with Crippen LogP contribution in [0.5, 0.6) is 5.75 Å². The number of nitrogens with one attached hydrogen (secondary N) is 1. The van der Waals surface area contributed by atoms with Crippen LogP contribution in [0.3, 0.4) is 0 Å². The van der Waals surface area contributed by atoms with Crippen molar-refractivity contribution in [3.8, 4) is 5.75 Å². The number of carbonyl (C=O) groups is 2. The SMILES string of the molecule is CC(C)(C)c1cc(/C=C2/CC(C)(C)N(C(=O)NO)C2=O)cc(C(C)(C)C)c1O. The molecule has 0 spiro atoms. The molecule has 1 heterocycles. The molecule has 1 aliphatic rings. The molecule has 154 valence electrons. The zero-order chi connectivity index (χ0) is 21.7. The van der Waals surface area contributed by atoms with Crippen molar-refractivity contribution in [2.24, 2.45) is 0 Å². The zero-order valence-electron chi connectivity index (χ0n) is 18.1. The van der Waals surface area contributed by atoms with Crippen LogP contribution >= 0.6 is 0 Å². The Balaban J connectivity index is 2.63. The maximum atomic E-state index is 12.8. The smallest absolute Gasteiger partial charge is 0.348 e. The van der Waals surface area contributed by atoms with Crippen molar-refractivity contribution in [2.45, 2.75) is 78.2 Å². The lowest BCUT2D eigenvalue weighted by atomic mass is 9.78. The molecule has 0 radical (unpaired) electrons. The van der Waals surface area contributed by atoms with Crippen molar-refractivity contribution < 1.29 is 19.9 Å². The molecule has 1 saturated heterocycles. The molecule has 0 atom stereocenters. The van der Waals surface area contributed by atoms with Gasteiger partial charge in [-0.2, -0.15) is 0 Å². The van der Waals surface area contributed by atoms with Crippen LogP contribution in [0.4, 0.5) is 4.79 Å². The Hall–Kier alpha value is -2.34. The third-order valence-electron chi connectivity index (χ3n) is 5.09. The molecule has 28 heavy (non-hydrogen) atoms. The second-order valence-corrected chi connectivity index (χ2v) is 10.2. The summed E-state index contributed by atoms with van der Waals surface area (Å²) in [7, 11) is 0. The molecule has 0 aromatic heterocycles.